The first-order valence-corrected chi connectivity index (χ1v) is 8.90. The number of nitrogens with one attached hydrogen (secondary N) is 1. The van der Waals surface area contributed by atoms with Gasteiger partial charge in [-0.2, -0.15) is 0 Å². The van der Waals surface area contributed by atoms with Crippen molar-refractivity contribution in [3.63, 3.8) is 0 Å². The molecule has 0 aromatic heterocycles. The van der Waals surface area contributed by atoms with Gasteiger partial charge in [0.25, 0.3) is 0 Å². The monoisotopic (exact) mass is 345 g/mol. The molecule has 0 saturated carbocycles. The summed E-state index contributed by atoms with van der Waals surface area (Å²) in [6.07, 6.45) is 0.849. The highest BCUT2D eigenvalue weighted by atomic mass is 16.2. The molecule has 0 atom stereocenters. The average Bonchev–Trinajstić information content (AvgIpc) is 2.67. The Balaban J connectivity index is 1.45. The maximum atomic E-state index is 12.3. The molecule has 0 unspecified atom stereocenters. The van der Waals surface area contributed by atoms with Crippen LogP contribution in [0.2, 0.25) is 0 Å². The Hall–Kier alpha value is -2.28. The van der Waals surface area contributed by atoms with Crippen molar-refractivity contribution < 1.29 is 9.59 Å². The average molecular weight is 345 g/mol. The van der Waals surface area contributed by atoms with Crippen LogP contribution >= 0.6 is 0 Å². The first-order valence-electron chi connectivity index (χ1n) is 8.90. The molecule has 2 amide bonds. The van der Waals surface area contributed by atoms with Crippen LogP contribution in [-0.2, 0) is 9.59 Å². The first kappa shape index (κ1) is 17.5. The number of rotatable bonds is 5. The summed E-state index contributed by atoms with van der Waals surface area (Å²) in [5, 5.41) is 3.20. The number of benzene rings is 1. The predicted octanol–water partition coefficient (Wildman–Crippen LogP) is 0.151. The molecule has 2 aliphatic rings. The molecule has 2 heterocycles. The number of likely N-dealkylation sites (N-methyl/N-ethyl adjacent to an activating group) is 1. The maximum absolute atomic E-state index is 12.3. The SMILES string of the molecule is CN1CCN(c2ccc(NCC(=O)N3CCN(C=O)CC3)cc2)CC1. The van der Waals surface area contributed by atoms with E-state index >= 15 is 0 Å². The number of nitrogens with zero attached hydrogens (tertiary/aromatic N) is 4. The zero-order valence-electron chi connectivity index (χ0n) is 14.9. The lowest BCUT2D eigenvalue weighted by Crippen LogP contribution is -2.49. The lowest BCUT2D eigenvalue weighted by Gasteiger charge is -2.34. The molecule has 0 bridgehead atoms. The molecular weight excluding hydrogens is 318 g/mol. The van der Waals surface area contributed by atoms with Crippen LogP contribution in [0.15, 0.2) is 24.3 Å². The molecule has 7 heteroatoms. The number of anilines is 2. The zero-order chi connectivity index (χ0) is 17.6. The van der Waals surface area contributed by atoms with Gasteiger partial charge in [0.1, 0.15) is 0 Å². The van der Waals surface area contributed by atoms with Gasteiger partial charge in [-0.05, 0) is 31.3 Å². The minimum absolute atomic E-state index is 0.0775. The molecule has 1 aromatic carbocycles. The summed E-state index contributed by atoms with van der Waals surface area (Å²) in [4.78, 5) is 31.2. The van der Waals surface area contributed by atoms with Crippen molar-refractivity contribution in [2.45, 2.75) is 0 Å². The third-order valence-corrected chi connectivity index (χ3v) is 5.00. The van der Waals surface area contributed by atoms with Crippen LogP contribution in [0.3, 0.4) is 0 Å². The van der Waals surface area contributed by atoms with Crippen LogP contribution in [0.1, 0.15) is 0 Å². The Morgan fingerprint density at radius 3 is 2.24 bits per heavy atom. The minimum Gasteiger partial charge on any atom is -0.376 e. The fraction of sp³-hybridized carbons (Fsp3) is 0.556. The van der Waals surface area contributed by atoms with Gasteiger partial charge in [-0.3, -0.25) is 9.59 Å². The summed E-state index contributed by atoms with van der Waals surface area (Å²) in [6, 6.07) is 8.29. The van der Waals surface area contributed by atoms with Gasteiger partial charge >= 0.3 is 0 Å². The van der Waals surface area contributed by atoms with Crippen LogP contribution in [-0.4, -0.2) is 93.0 Å². The lowest BCUT2D eigenvalue weighted by atomic mass is 10.2. The third-order valence-electron chi connectivity index (χ3n) is 5.00. The van der Waals surface area contributed by atoms with Crippen LogP contribution in [0, 0.1) is 0 Å². The number of carbonyl (C=O) groups excluding carboxylic acids is 2. The van der Waals surface area contributed by atoms with Gasteiger partial charge in [0.2, 0.25) is 12.3 Å². The largest absolute Gasteiger partial charge is 0.376 e. The lowest BCUT2D eigenvalue weighted by molar-refractivity contribution is -0.133. The second-order valence-electron chi connectivity index (χ2n) is 6.71. The molecule has 1 N–H and O–H groups in total. The van der Waals surface area contributed by atoms with E-state index in [1.165, 1.54) is 5.69 Å². The van der Waals surface area contributed by atoms with Gasteiger partial charge in [0.15, 0.2) is 0 Å². The standard InChI is InChI=1S/C18H27N5O2/c1-20-6-10-22(11-7-20)17-4-2-16(3-5-17)19-14-18(25)23-12-8-21(15-24)9-13-23/h2-5,15,19H,6-14H2,1H3. The number of amides is 2. The van der Waals surface area contributed by atoms with Crippen molar-refractivity contribution >= 4 is 23.7 Å². The van der Waals surface area contributed by atoms with Crippen molar-refractivity contribution in [1.82, 2.24) is 14.7 Å². The van der Waals surface area contributed by atoms with Crippen molar-refractivity contribution in [3.8, 4) is 0 Å². The highest BCUT2D eigenvalue weighted by molar-refractivity contribution is 5.81. The molecule has 1 aromatic rings. The Morgan fingerprint density at radius 1 is 1.00 bits per heavy atom. The molecule has 2 saturated heterocycles. The zero-order valence-corrected chi connectivity index (χ0v) is 14.9. The smallest absolute Gasteiger partial charge is 0.241 e. The molecule has 25 heavy (non-hydrogen) atoms. The Bertz CT molecular complexity index is 576. The van der Waals surface area contributed by atoms with Crippen molar-refractivity contribution in [2.75, 3.05) is 76.2 Å². The molecule has 3 rings (SSSR count). The molecule has 0 aliphatic carbocycles. The van der Waals surface area contributed by atoms with E-state index < -0.39 is 0 Å². The first-order chi connectivity index (χ1) is 12.2. The van der Waals surface area contributed by atoms with E-state index in [4.69, 9.17) is 0 Å². The second kappa shape index (κ2) is 8.20. The Labute approximate surface area is 149 Å². The van der Waals surface area contributed by atoms with Gasteiger partial charge in [0.05, 0.1) is 6.54 Å². The van der Waals surface area contributed by atoms with Gasteiger partial charge < -0.3 is 24.9 Å². The molecular formula is C18H27N5O2. The molecule has 2 fully saturated rings. The van der Waals surface area contributed by atoms with Crippen LogP contribution < -0.4 is 10.2 Å². The number of hydrogen-bond donors (Lipinski definition) is 1. The van der Waals surface area contributed by atoms with Crippen molar-refractivity contribution in [2.24, 2.45) is 0 Å². The Kier molecular flexibility index (Phi) is 5.75. The summed E-state index contributed by atoms with van der Waals surface area (Å²) in [5.74, 6) is 0.0775. The normalized spacial score (nSPS) is 19.0. The number of hydrogen-bond acceptors (Lipinski definition) is 5. The van der Waals surface area contributed by atoms with E-state index in [-0.39, 0.29) is 12.5 Å². The van der Waals surface area contributed by atoms with Crippen LogP contribution in [0.5, 0.6) is 0 Å². The van der Waals surface area contributed by atoms with Gasteiger partial charge in [0, 0.05) is 63.7 Å². The van der Waals surface area contributed by atoms with Crippen LogP contribution in [0.4, 0.5) is 11.4 Å². The van der Waals surface area contributed by atoms with Gasteiger partial charge in [-0.15, -0.1) is 0 Å². The highest BCUT2D eigenvalue weighted by Crippen LogP contribution is 2.19. The van der Waals surface area contributed by atoms with Crippen LogP contribution in [0.25, 0.3) is 0 Å². The van der Waals surface area contributed by atoms with Gasteiger partial charge in [-0.25, -0.2) is 0 Å². The van der Waals surface area contributed by atoms with E-state index in [1.54, 1.807) is 4.90 Å². The molecule has 7 nitrogen and oxygen atoms in total. The summed E-state index contributed by atoms with van der Waals surface area (Å²) in [5.41, 5.74) is 2.19. The van der Waals surface area contributed by atoms with E-state index in [9.17, 15) is 9.59 Å². The maximum Gasteiger partial charge on any atom is 0.241 e. The van der Waals surface area contributed by atoms with E-state index in [2.05, 4.69) is 34.3 Å². The van der Waals surface area contributed by atoms with E-state index in [0.29, 0.717) is 26.2 Å². The van der Waals surface area contributed by atoms with Gasteiger partial charge in [-0.1, -0.05) is 0 Å². The Morgan fingerprint density at radius 2 is 1.64 bits per heavy atom. The predicted molar refractivity (Wildman–Crippen MR) is 98.9 cm³/mol. The molecule has 136 valence electrons. The summed E-state index contributed by atoms with van der Waals surface area (Å²) in [6.45, 7) is 7.03. The van der Waals surface area contributed by atoms with E-state index in [1.807, 2.05) is 17.0 Å². The summed E-state index contributed by atoms with van der Waals surface area (Å²) < 4.78 is 0. The highest BCUT2D eigenvalue weighted by Gasteiger charge is 2.19. The van der Waals surface area contributed by atoms with Crippen molar-refractivity contribution in [3.05, 3.63) is 24.3 Å². The second-order valence-corrected chi connectivity index (χ2v) is 6.71. The fourth-order valence-corrected chi connectivity index (χ4v) is 3.22. The summed E-state index contributed by atoms with van der Waals surface area (Å²) >= 11 is 0. The third kappa shape index (κ3) is 4.63. The number of piperazine rings is 2. The molecule has 0 spiro atoms. The summed E-state index contributed by atoms with van der Waals surface area (Å²) in [7, 11) is 2.15. The topological polar surface area (TPSA) is 59.1 Å². The minimum atomic E-state index is 0.0775. The fourth-order valence-electron chi connectivity index (χ4n) is 3.22. The quantitative estimate of drug-likeness (QED) is 0.770. The van der Waals surface area contributed by atoms with Crippen molar-refractivity contribution in [1.29, 1.82) is 0 Å². The number of carbonyl (C=O) groups is 2. The molecule has 0 radical (unpaired) electrons. The molecule has 2 aliphatic heterocycles. The van der Waals surface area contributed by atoms with E-state index in [0.717, 1.165) is 38.3 Å².